The molecule has 1 aromatic carbocycles. The fourth-order valence-electron chi connectivity index (χ4n) is 1.70. The fourth-order valence-corrected chi connectivity index (χ4v) is 3.77. The molecule has 19 heavy (non-hydrogen) atoms. The van der Waals surface area contributed by atoms with E-state index in [0.29, 0.717) is 24.5 Å². The molecule has 2 heterocycles. The number of thioether (sulfide) groups is 1. The summed E-state index contributed by atoms with van der Waals surface area (Å²) in [6, 6.07) is 3.85. The Bertz CT molecular complexity index is 597. The summed E-state index contributed by atoms with van der Waals surface area (Å²) < 4.78 is 25.7. The minimum atomic E-state index is -1.63. The Morgan fingerprint density at radius 3 is 3.21 bits per heavy atom. The van der Waals surface area contributed by atoms with Crippen molar-refractivity contribution in [2.45, 2.75) is 17.4 Å². The molecule has 3 nitrogen and oxygen atoms in total. The molecule has 0 saturated heterocycles. The lowest BCUT2D eigenvalue weighted by Crippen LogP contribution is -1.81. The van der Waals surface area contributed by atoms with E-state index in [0.717, 1.165) is 26.2 Å². The van der Waals surface area contributed by atoms with Crippen LogP contribution in [0.2, 0.25) is 0 Å². The average Bonchev–Trinajstić information content (AvgIpc) is 2.96. The van der Waals surface area contributed by atoms with Crippen molar-refractivity contribution in [1.82, 2.24) is 4.98 Å². The van der Waals surface area contributed by atoms with Crippen LogP contribution in [-0.4, -0.2) is 10.7 Å². The van der Waals surface area contributed by atoms with Crippen molar-refractivity contribution < 1.29 is 18.6 Å². The Morgan fingerprint density at radius 2 is 2.37 bits per heavy atom. The summed E-state index contributed by atoms with van der Waals surface area (Å²) in [5, 5.41) is 0. The molecule has 0 unspecified atom stereocenters. The number of hydrogen-bond acceptors (Lipinski definition) is 5. The van der Waals surface area contributed by atoms with Gasteiger partial charge >= 0.3 is 0 Å². The highest BCUT2D eigenvalue weighted by molar-refractivity contribution is 8.01. The number of nitrogens with zero attached hydrogens (tertiary/aromatic N) is 1. The van der Waals surface area contributed by atoms with Gasteiger partial charge < -0.3 is 4.89 Å². The van der Waals surface area contributed by atoms with Gasteiger partial charge in [0.25, 0.3) is 6.08 Å². The van der Waals surface area contributed by atoms with E-state index in [-0.39, 0.29) is 0 Å². The maximum atomic E-state index is 11.9. The molecular weight excluding hydrogens is 292 g/mol. The van der Waals surface area contributed by atoms with Crippen LogP contribution in [0.4, 0.5) is 8.78 Å². The number of benzene rings is 1. The Hall–Kier alpha value is -1.18. The van der Waals surface area contributed by atoms with Crippen molar-refractivity contribution in [1.29, 1.82) is 0 Å². The molecule has 0 bridgehead atoms. The monoisotopic (exact) mass is 301 g/mol. The van der Waals surface area contributed by atoms with E-state index < -0.39 is 6.08 Å². The maximum absolute atomic E-state index is 11.9. The van der Waals surface area contributed by atoms with Crippen LogP contribution in [0.5, 0.6) is 5.75 Å². The zero-order chi connectivity index (χ0) is 13.2. The Balaban J connectivity index is 1.73. The lowest BCUT2D eigenvalue weighted by Gasteiger charge is -1.93. The van der Waals surface area contributed by atoms with Crippen LogP contribution in [0, 0.1) is 0 Å². The SMILES string of the molecule is FC(F)=CCCSc1nc2cc3c(cc2s1)COO3. The molecule has 0 saturated carbocycles. The minimum Gasteiger partial charge on any atom is -0.337 e. The number of hydrogen-bond donors (Lipinski definition) is 0. The van der Waals surface area contributed by atoms with E-state index in [1.54, 1.807) is 11.3 Å². The summed E-state index contributed by atoms with van der Waals surface area (Å²) in [6.45, 7) is 0.451. The number of allylic oxidation sites excluding steroid dienone is 1. The molecule has 1 aliphatic heterocycles. The summed E-state index contributed by atoms with van der Waals surface area (Å²) in [7, 11) is 0. The highest BCUT2D eigenvalue weighted by Gasteiger charge is 2.16. The van der Waals surface area contributed by atoms with E-state index in [4.69, 9.17) is 9.78 Å². The molecule has 0 N–H and O–H groups in total. The van der Waals surface area contributed by atoms with Crippen molar-refractivity contribution >= 4 is 33.3 Å². The molecule has 7 heteroatoms. The van der Waals surface area contributed by atoms with E-state index in [9.17, 15) is 8.78 Å². The Labute approximate surface area is 116 Å². The van der Waals surface area contributed by atoms with Gasteiger partial charge in [-0.15, -0.1) is 11.3 Å². The lowest BCUT2D eigenvalue weighted by molar-refractivity contribution is -0.194. The van der Waals surface area contributed by atoms with Gasteiger partial charge in [-0.1, -0.05) is 11.8 Å². The van der Waals surface area contributed by atoms with Crippen molar-refractivity contribution in [2.75, 3.05) is 5.75 Å². The highest BCUT2D eigenvalue weighted by atomic mass is 32.2. The predicted molar refractivity (Wildman–Crippen MR) is 70.7 cm³/mol. The molecule has 0 fully saturated rings. The summed E-state index contributed by atoms with van der Waals surface area (Å²) in [4.78, 5) is 14.3. The topological polar surface area (TPSA) is 31.4 Å². The van der Waals surface area contributed by atoms with E-state index in [2.05, 4.69) is 4.98 Å². The van der Waals surface area contributed by atoms with E-state index in [1.165, 1.54) is 11.8 Å². The molecule has 0 atom stereocenters. The molecule has 0 radical (unpaired) electrons. The molecule has 0 amide bonds. The van der Waals surface area contributed by atoms with Crippen LogP contribution in [-0.2, 0) is 11.5 Å². The normalized spacial score (nSPS) is 13.4. The van der Waals surface area contributed by atoms with E-state index >= 15 is 0 Å². The van der Waals surface area contributed by atoms with Gasteiger partial charge in [0.2, 0.25) is 0 Å². The second-order valence-corrected chi connectivity index (χ2v) is 6.26. The third-order valence-corrected chi connectivity index (χ3v) is 4.75. The van der Waals surface area contributed by atoms with Crippen LogP contribution in [0.3, 0.4) is 0 Å². The molecule has 1 aromatic heterocycles. The smallest absolute Gasteiger partial charge is 0.266 e. The average molecular weight is 301 g/mol. The van der Waals surface area contributed by atoms with Crippen molar-refractivity contribution in [3.05, 3.63) is 29.9 Å². The standard InChI is InChI=1S/C12H9F2NO2S2/c13-11(14)2-1-3-18-12-15-8-5-9-7(6-16-17-9)4-10(8)19-12/h2,4-5H,1,3,6H2. The molecule has 1 aliphatic rings. The fraction of sp³-hybridized carbons (Fsp3) is 0.250. The number of rotatable bonds is 4. The largest absolute Gasteiger partial charge is 0.337 e. The van der Waals surface area contributed by atoms with Gasteiger partial charge in [-0.05, 0) is 18.6 Å². The van der Waals surface area contributed by atoms with E-state index in [1.807, 2.05) is 12.1 Å². The summed E-state index contributed by atoms with van der Waals surface area (Å²) in [5.41, 5.74) is 1.86. The van der Waals surface area contributed by atoms with Crippen LogP contribution in [0.25, 0.3) is 10.2 Å². The zero-order valence-corrected chi connectivity index (χ0v) is 11.3. The van der Waals surface area contributed by atoms with Gasteiger partial charge in [0.1, 0.15) is 6.61 Å². The predicted octanol–water partition coefficient (Wildman–Crippen LogP) is 4.38. The van der Waals surface area contributed by atoms with Gasteiger partial charge in [0.05, 0.1) is 10.2 Å². The third-order valence-electron chi connectivity index (χ3n) is 2.56. The summed E-state index contributed by atoms with van der Waals surface area (Å²) in [5.74, 6) is 1.30. The second kappa shape index (κ2) is 5.44. The second-order valence-electron chi connectivity index (χ2n) is 3.88. The highest BCUT2D eigenvalue weighted by Crippen LogP contribution is 2.36. The number of thiazole rings is 1. The minimum absolute atomic E-state index is 0.344. The first-order valence-corrected chi connectivity index (χ1v) is 7.39. The van der Waals surface area contributed by atoms with Crippen LogP contribution in [0.15, 0.2) is 28.6 Å². The molecule has 100 valence electrons. The number of aromatic nitrogens is 1. The Kier molecular flexibility index (Phi) is 3.67. The van der Waals surface area contributed by atoms with Crippen molar-refractivity contribution in [2.24, 2.45) is 0 Å². The van der Waals surface area contributed by atoms with Gasteiger partial charge in [0, 0.05) is 17.4 Å². The zero-order valence-electron chi connectivity index (χ0n) is 9.69. The van der Waals surface area contributed by atoms with Gasteiger partial charge in [0.15, 0.2) is 10.1 Å². The third kappa shape index (κ3) is 2.88. The maximum Gasteiger partial charge on any atom is 0.266 e. The Morgan fingerprint density at radius 1 is 1.47 bits per heavy atom. The first-order chi connectivity index (χ1) is 9.22. The molecule has 0 spiro atoms. The summed E-state index contributed by atoms with van der Waals surface area (Å²) >= 11 is 3.04. The number of fused-ring (bicyclic) bond motifs is 2. The van der Waals surface area contributed by atoms with Gasteiger partial charge in [-0.2, -0.15) is 13.7 Å². The molecule has 0 aliphatic carbocycles. The van der Waals surface area contributed by atoms with Crippen LogP contribution < -0.4 is 4.89 Å². The number of halogens is 2. The molecule has 2 aromatic rings. The van der Waals surface area contributed by atoms with Crippen molar-refractivity contribution in [3.8, 4) is 5.75 Å². The first kappa shape index (κ1) is 12.8. The van der Waals surface area contributed by atoms with Crippen LogP contribution in [0.1, 0.15) is 12.0 Å². The summed E-state index contributed by atoms with van der Waals surface area (Å²) in [6.07, 6.45) is -0.352. The first-order valence-electron chi connectivity index (χ1n) is 5.59. The van der Waals surface area contributed by atoms with Crippen molar-refractivity contribution in [3.63, 3.8) is 0 Å². The van der Waals surface area contributed by atoms with Crippen LogP contribution >= 0.6 is 23.1 Å². The molecular formula is C12H9F2NO2S2. The van der Waals surface area contributed by atoms with Gasteiger partial charge in [-0.25, -0.2) is 4.98 Å². The molecule has 3 rings (SSSR count). The lowest BCUT2D eigenvalue weighted by atomic mass is 10.2. The van der Waals surface area contributed by atoms with Gasteiger partial charge in [-0.3, -0.25) is 0 Å². The quantitative estimate of drug-likeness (QED) is 0.476.